The van der Waals surface area contributed by atoms with Gasteiger partial charge < -0.3 is 14.4 Å². The summed E-state index contributed by atoms with van der Waals surface area (Å²) in [4.78, 5) is 17.5. The number of hydrogen-bond acceptors (Lipinski definition) is 4. The molecular weight excluding hydrogens is 340 g/mol. The van der Waals surface area contributed by atoms with Crippen LogP contribution in [0.2, 0.25) is 0 Å². The van der Waals surface area contributed by atoms with E-state index in [9.17, 15) is 4.79 Å². The van der Waals surface area contributed by atoms with Crippen molar-refractivity contribution in [2.24, 2.45) is 0 Å². The maximum Gasteiger partial charge on any atom is 0.231 e. The predicted octanol–water partition coefficient (Wildman–Crippen LogP) is 2.79. The largest absolute Gasteiger partial charge is 0.454 e. The molecule has 0 spiro atoms. The van der Waals surface area contributed by atoms with E-state index in [1.165, 1.54) is 16.7 Å². The molecule has 3 aliphatic rings. The molecule has 0 bridgehead atoms. The molecular formula is C22H24N2O3. The second-order valence-electron chi connectivity index (χ2n) is 7.58. The van der Waals surface area contributed by atoms with Gasteiger partial charge in [-0.3, -0.25) is 9.69 Å². The molecule has 5 rings (SSSR count). The van der Waals surface area contributed by atoms with Gasteiger partial charge in [-0.15, -0.1) is 0 Å². The van der Waals surface area contributed by atoms with Crippen LogP contribution in [0.3, 0.4) is 0 Å². The van der Waals surface area contributed by atoms with Gasteiger partial charge in [-0.2, -0.15) is 0 Å². The van der Waals surface area contributed by atoms with Crippen molar-refractivity contribution in [1.29, 1.82) is 0 Å². The van der Waals surface area contributed by atoms with Crippen LogP contribution in [-0.2, 0) is 17.8 Å². The fourth-order valence-corrected chi connectivity index (χ4v) is 4.46. The molecule has 2 heterocycles. The Morgan fingerprint density at radius 3 is 2.70 bits per heavy atom. The minimum Gasteiger partial charge on any atom is -0.454 e. The summed E-state index contributed by atoms with van der Waals surface area (Å²) in [7, 11) is 0. The van der Waals surface area contributed by atoms with Gasteiger partial charge in [-0.25, -0.2) is 0 Å². The van der Waals surface area contributed by atoms with E-state index in [1.54, 1.807) is 0 Å². The summed E-state index contributed by atoms with van der Waals surface area (Å²) >= 11 is 0. The van der Waals surface area contributed by atoms with Gasteiger partial charge in [0.25, 0.3) is 0 Å². The number of benzene rings is 2. The molecule has 2 aliphatic heterocycles. The van der Waals surface area contributed by atoms with Crippen LogP contribution < -0.4 is 9.47 Å². The molecule has 0 aromatic heterocycles. The molecule has 1 unspecified atom stereocenters. The molecule has 140 valence electrons. The lowest BCUT2D eigenvalue weighted by molar-refractivity contribution is -0.134. The van der Waals surface area contributed by atoms with Crippen molar-refractivity contribution in [3.05, 3.63) is 59.2 Å². The van der Waals surface area contributed by atoms with Crippen molar-refractivity contribution in [1.82, 2.24) is 9.80 Å². The second-order valence-corrected chi connectivity index (χ2v) is 7.58. The van der Waals surface area contributed by atoms with Crippen LogP contribution >= 0.6 is 0 Å². The summed E-state index contributed by atoms with van der Waals surface area (Å²) in [5, 5.41) is 0. The van der Waals surface area contributed by atoms with E-state index in [0.29, 0.717) is 12.7 Å². The molecule has 1 aliphatic carbocycles. The topological polar surface area (TPSA) is 42.0 Å². The van der Waals surface area contributed by atoms with Gasteiger partial charge in [0, 0.05) is 32.7 Å². The number of amides is 1. The first kappa shape index (κ1) is 16.6. The van der Waals surface area contributed by atoms with E-state index >= 15 is 0 Å². The zero-order valence-electron chi connectivity index (χ0n) is 15.4. The Morgan fingerprint density at radius 2 is 1.81 bits per heavy atom. The number of carbonyl (C=O) groups excluding carboxylic acids is 1. The van der Waals surface area contributed by atoms with Crippen LogP contribution in [0, 0.1) is 0 Å². The molecule has 5 heteroatoms. The summed E-state index contributed by atoms with van der Waals surface area (Å²) in [5.41, 5.74) is 3.81. The summed E-state index contributed by atoms with van der Waals surface area (Å²) in [5.74, 6) is 2.02. The summed E-state index contributed by atoms with van der Waals surface area (Å²) in [6, 6.07) is 14.5. The molecule has 1 fully saturated rings. The quantitative estimate of drug-likeness (QED) is 0.840. The summed E-state index contributed by atoms with van der Waals surface area (Å²) in [6.45, 7) is 4.63. The Kier molecular flexibility index (Phi) is 4.24. The summed E-state index contributed by atoms with van der Waals surface area (Å²) in [6.07, 6.45) is 1.98. The zero-order chi connectivity index (χ0) is 18.2. The number of rotatable bonds is 3. The van der Waals surface area contributed by atoms with Crippen LogP contribution in [-0.4, -0.2) is 48.7 Å². The second kappa shape index (κ2) is 6.89. The first-order valence-corrected chi connectivity index (χ1v) is 9.75. The summed E-state index contributed by atoms with van der Waals surface area (Å²) < 4.78 is 10.8. The lowest BCUT2D eigenvalue weighted by Crippen LogP contribution is -2.49. The Bertz CT molecular complexity index is 858. The van der Waals surface area contributed by atoms with Crippen LogP contribution in [0.5, 0.6) is 11.5 Å². The van der Waals surface area contributed by atoms with Crippen LogP contribution in [0.1, 0.15) is 29.0 Å². The van der Waals surface area contributed by atoms with Crippen molar-refractivity contribution in [2.45, 2.75) is 25.3 Å². The van der Waals surface area contributed by atoms with Crippen molar-refractivity contribution >= 4 is 5.91 Å². The fraction of sp³-hybridized carbons (Fsp3) is 0.409. The van der Waals surface area contributed by atoms with Crippen molar-refractivity contribution in [3.8, 4) is 11.5 Å². The van der Waals surface area contributed by atoms with Crippen LogP contribution in [0.4, 0.5) is 0 Å². The van der Waals surface area contributed by atoms with Gasteiger partial charge in [0.2, 0.25) is 12.7 Å². The van der Waals surface area contributed by atoms with Gasteiger partial charge in [0.15, 0.2) is 11.5 Å². The first-order chi connectivity index (χ1) is 13.3. The molecule has 5 nitrogen and oxygen atoms in total. The first-order valence-electron chi connectivity index (χ1n) is 9.75. The third-order valence-electron chi connectivity index (χ3n) is 5.96. The maximum atomic E-state index is 13.0. The maximum absolute atomic E-state index is 13.0. The van der Waals surface area contributed by atoms with E-state index in [1.807, 2.05) is 12.1 Å². The lowest BCUT2D eigenvalue weighted by Gasteiger charge is -2.36. The molecule has 0 N–H and O–H groups in total. The van der Waals surface area contributed by atoms with Gasteiger partial charge in [0.05, 0.1) is 5.92 Å². The molecule has 27 heavy (non-hydrogen) atoms. The number of nitrogens with zero attached hydrogens (tertiary/aromatic N) is 2. The smallest absolute Gasteiger partial charge is 0.231 e. The third kappa shape index (κ3) is 3.16. The molecule has 1 amide bonds. The van der Waals surface area contributed by atoms with Crippen LogP contribution in [0.25, 0.3) is 0 Å². The van der Waals surface area contributed by atoms with E-state index < -0.39 is 0 Å². The Balaban J connectivity index is 1.19. The van der Waals surface area contributed by atoms with E-state index in [0.717, 1.165) is 57.1 Å². The average Bonchev–Trinajstić information content (AvgIpc) is 3.34. The number of aryl methyl sites for hydroxylation is 1. The van der Waals surface area contributed by atoms with Gasteiger partial charge in [0.1, 0.15) is 0 Å². The minimum absolute atomic E-state index is 0.0570. The highest BCUT2D eigenvalue weighted by atomic mass is 16.7. The molecule has 0 radical (unpaired) electrons. The van der Waals surface area contributed by atoms with Crippen molar-refractivity contribution < 1.29 is 14.3 Å². The Morgan fingerprint density at radius 1 is 1.00 bits per heavy atom. The highest BCUT2D eigenvalue weighted by Crippen LogP contribution is 2.35. The fourth-order valence-electron chi connectivity index (χ4n) is 4.46. The Hall–Kier alpha value is -2.53. The third-order valence-corrected chi connectivity index (χ3v) is 5.96. The SMILES string of the molecule is O=C(C1CCc2ccccc21)N1CCN(Cc2ccc3c(c2)OCO3)CC1. The van der Waals surface area contributed by atoms with Crippen molar-refractivity contribution in [2.75, 3.05) is 33.0 Å². The van der Waals surface area contributed by atoms with Crippen LogP contribution in [0.15, 0.2) is 42.5 Å². The number of piperazine rings is 1. The number of hydrogen-bond donors (Lipinski definition) is 0. The molecule has 2 aromatic carbocycles. The van der Waals surface area contributed by atoms with Gasteiger partial charge >= 0.3 is 0 Å². The molecule has 1 atom stereocenters. The zero-order valence-corrected chi connectivity index (χ0v) is 15.4. The van der Waals surface area contributed by atoms with Gasteiger partial charge in [-0.05, 0) is 41.7 Å². The molecule has 1 saturated heterocycles. The highest BCUT2D eigenvalue weighted by molar-refractivity contribution is 5.85. The van der Waals surface area contributed by atoms with E-state index in [2.05, 4.69) is 40.1 Å². The standard InChI is InChI=1S/C22H24N2O3/c25-22(19-7-6-17-3-1-2-4-18(17)19)24-11-9-23(10-12-24)14-16-5-8-20-21(13-16)27-15-26-20/h1-5,8,13,19H,6-7,9-12,14-15H2. The van der Waals surface area contributed by atoms with E-state index in [-0.39, 0.29) is 5.92 Å². The molecule has 0 saturated carbocycles. The van der Waals surface area contributed by atoms with E-state index in [4.69, 9.17) is 9.47 Å². The number of carbonyl (C=O) groups is 1. The van der Waals surface area contributed by atoms with Crippen molar-refractivity contribution in [3.63, 3.8) is 0 Å². The molecule has 2 aromatic rings. The number of fused-ring (bicyclic) bond motifs is 2. The van der Waals surface area contributed by atoms with Gasteiger partial charge in [-0.1, -0.05) is 30.3 Å². The average molecular weight is 364 g/mol. The normalized spacial score (nSPS) is 21.3. The lowest BCUT2D eigenvalue weighted by atomic mass is 9.99. The number of ether oxygens (including phenoxy) is 2. The minimum atomic E-state index is 0.0570. The Labute approximate surface area is 159 Å². The monoisotopic (exact) mass is 364 g/mol. The highest BCUT2D eigenvalue weighted by Gasteiger charge is 2.32. The predicted molar refractivity (Wildman–Crippen MR) is 102 cm³/mol.